The van der Waals surface area contributed by atoms with Gasteiger partial charge in [0.05, 0.1) is 22.4 Å². The summed E-state index contributed by atoms with van der Waals surface area (Å²) in [7, 11) is 3.92. The fourth-order valence-corrected chi connectivity index (χ4v) is 5.53. The number of aromatic amines is 2. The van der Waals surface area contributed by atoms with Crippen LogP contribution in [0.4, 0.5) is 4.39 Å². The number of hydrogen-bond donors (Lipinski definition) is 2. The van der Waals surface area contributed by atoms with Crippen molar-refractivity contribution in [3.8, 4) is 39.8 Å². The summed E-state index contributed by atoms with van der Waals surface area (Å²) >= 11 is 0. The number of halogens is 1. The molecule has 43 heavy (non-hydrogen) atoms. The minimum Gasteiger partial charge on any atom is -0.492 e. The molecule has 0 unspecified atom stereocenters. The van der Waals surface area contributed by atoms with Gasteiger partial charge < -0.3 is 14.6 Å². The fourth-order valence-electron chi connectivity index (χ4n) is 5.53. The molecule has 0 radical (unpaired) electrons. The predicted molar refractivity (Wildman–Crippen MR) is 164 cm³/mol. The highest BCUT2D eigenvalue weighted by atomic mass is 19.1. The van der Waals surface area contributed by atoms with Crippen LogP contribution in [-0.2, 0) is 6.54 Å². The van der Waals surface area contributed by atoms with E-state index in [-0.39, 0.29) is 0 Å². The molecule has 10 nitrogen and oxygen atoms in total. The lowest BCUT2D eigenvalue weighted by molar-refractivity contribution is 0.260. The molecule has 1 saturated heterocycles. The number of fused-ring (bicyclic) bond motifs is 2. The Kier molecular flexibility index (Phi) is 7.25. The summed E-state index contributed by atoms with van der Waals surface area (Å²) < 4.78 is 20.4. The lowest BCUT2D eigenvalue weighted by Gasteiger charge is -2.14. The summed E-state index contributed by atoms with van der Waals surface area (Å²) in [6, 6.07) is 12.6. The number of H-pyrrole nitrogens is 2. The van der Waals surface area contributed by atoms with Crippen LogP contribution in [0.3, 0.4) is 0 Å². The third kappa shape index (κ3) is 5.69. The van der Waals surface area contributed by atoms with Crippen molar-refractivity contribution >= 4 is 22.1 Å². The Morgan fingerprint density at radius 2 is 1.79 bits per heavy atom. The van der Waals surface area contributed by atoms with Crippen molar-refractivity contribution in [2.75, 3.05) is 40.3 Å². The first-order valence-corrected chi connectivity index (χ1v) is 14.5. The highest BCUT2D eigenvalue weighted by Crippen LogP contribution is 2.32. The number of likely N-dealkylation sites (N-methyl/N-ethyl adjacent to an activating group) is 1. The molecule has 7 rings (SSSR count). The van der Waals surface area contributed by atoms with Gasteiger partial charge in [0.1, 0.15) is 29.2 Å². The van der Waals surface area contributed by atoms with Gasteiger partial charge in [0, 0.05) is 48.9 Å². The standard InChI is InChI=1S/C32H32FN9O/c1-41(2)11-12-43-24-15-21(14-23(33)16-24)28-29-26(7-8-35-28)37-32(38-29)31-30-27(39-40-31)6-5-25(36-30)22-13-20(17-34-18-22)19-42-9-3-4-10-42/h5-8,13-18H,3-4,9-12,19H2,1-2H3,(H,37,38)(H,39,40). The molecular formula is C32H32FN9O. The Labute approximate surface area is 248 Å². The predicted octanol–water partition coefficient (Wildman–Crippen LogP) is 5.30. The van der Waals surface area contributed by atoms with E-state index in [4.69, 9.17) is 14.7 Å². The molecule has 0 aliphatic carbocycles. The zero-order valence-corrected chi connectivity index (χ0v) is 24.1. The minimum atomic E-state index is -0.402. The number of aromatic nitrogens is 7. The molecule has 11 heteroatoms. The monoisotopic (exact) mass is 577 g/mol. The lowest BCUT2D eigenvalue weighted by Crippen LogP contribution is -2.19. The van der Waals surface area contributed by atoms with Gasteiger partial charge in [-0.25, -0.2) is 14.4 Å². The summed E-state index contributed by atoms with van der Waals surface area (Å²) in [5.41, 5.74) is 7.51. The van der Waals surface area contributed by atoms with Crippen LogP contribution in [0.2, 0.25) is 0 Å². The quantitative estimate of drug-likeness (QED) is 0.238. The normalized spacial score (nSPS) is 14.0. The first-order chi connectivity index (χ1) is 21.0. The van der Waals surface area contributed by atoms with Crippen LogP contribution < -0.4 is 4.74 Å². The maximum atomic E-state index is 14.6. The third-order valence-corrected chi connectivity index (χ3v) is 7.68. The van der Waals surface area contributed by atoms with Gasteiger partial charge in [0.15, 0.2) is 11.5 Å². The first kappa shape index (κ1) is 27.1. The summed E-state index contributed by atoms with van der Waals surface area (Å²) in [5.74, 6) is 0.585. The molecule has 0 saturated carbocycles. The van der Waals surface area contributed by atoms with Crippen molar-refractivity contribution in [1.29, 1.82) is 0 Å². The number of hydrogen-bond acceptors (Lipinski definition) is 8. The Hall–Kier alpha value is -4.74. The maximum absolute atomic E-state index is 14.6. The summed E-state index contributed by atoms with van der Waals surface area (Å²) in [6.45, 7) is 4.32. The SMILES string of the molecule is CN(C)CCOc1cc(F)cc(-c2nccc3[nH]c(-c4n[nH]c5ccc(-c6cncc(CN7CCCC7)c6)nc45)nc23)c1. The number of pyridine rings is 3. The second-order valence-corrected chi connectivity index (χ2v) is 11.2. The molecule has 1 aliphatic heterocycles. The second-order valence-electron chi connectivity index (χ2n) is 11.2. The van der Waals surface area contributed by atoms with Gasteiger partial charge in [0.25, 0.3) is 0 Å². The molecule has 218 valence electrons. The third-order valence-electron chi connectivity index (χ3n) is 7.68. The van der Waals surface area contributed by atoms with Gasteiger partial charge in [-0.05, 0) is 82.0 Å². The van der Waals surface area contributed by atoms with Gasteiger partial charge in [-0.15, -0.1) is 0 Å². The first-order valence-electron chi connectivity index (χ1n) is 14.5. The minimum absolute atomic E-state index is 0.402. The van der Waals surface area contributed by atoms with Crippen molar-refractivity contribution in [3.05, 3.63) is 72.4 Å². The van der Waals surface area contributed by atoms with Crippen LogP contribution in [0.5, 0.6) is 5.75 Å². The van der Waals surface area contributed by atoms with E-state index in [1.54, 1.807) is 12.3 Å². The van der Waals surface area contributed by atoms with Crippen LogP contribution in [0.15, 0.2) is 61.1 Å². The molecule has 1 aliphatic rings. The number of rotatable bonds is 9. The Morgan fingerprint density at radius 3 is 2.65 bits per heavy atom. The molecule has 0 spiro atoms. The molecular weight excluding hydrogens is 545 g/mol. The maximum Gasteiger partial charge on any atom is 0.161 e. The number of nitrogens with one attached hydrogen (secondary N) is 2. The molecule has 5 aromatic heterocycles. The average Bonchev–Trinajstić information content (AvgIpc) is 3.76. The van der Waals surface area contributed by atoms with Gasteiger partial charge in [-0.1, -0.05) is 0 Å². The van der Waals surface area contributed by atoms with Gasteiger partial charge >= 0.3 is 0 Å². The zero-order chi connectivity index (χ0) is 29.3. The molecule has 0 bridgehead atoms. The van der Waals surface area contributed by atoms with Crippen molar-refractivity contribution < 1.29 is 9.13 Å². The van der Waals surface area contributed by atoms with E-state index >= 15 is 0 Å². The summed E-state index contributed by atoms with van der Waals surface area (Å²) in [4.78, 5) is 26.7. The largest absolute Gasteiger partial charge is 0.492 e. The zero-order valence-electron chi connectivity index (χ0n) is 24.1. The van der Waals surface area contributed by atoms with E-state index in [0.29, 0.717) is 46.2 Å². The topological polar surface area (TPSA) is 112 Å². The van der Waals surface area contributed by atoms with E-state index in [2.05, 4.69) is 36.1 Å². The molecule has 2 N–H and O–H groups in total. The van der Waals surface area contributed by atoms with Crippen LogP contribution >= 0.6 is 0 Å². The second kappa shape index (κ2) is 11.5. The van der Waals surface area contributed by atoms with Crippen molar-refractivity contribution in [3.63, 3.8) is 0 Å². The van der Waals surface area contributed by atoms with E-state index in [1.807, 2.05) is 49.6 Å². The molecule has 6 heterocycles. The van der Waals surface area contributed by atoms with Gasteiger partial charge in [-0.3, -0.25) is 20.0 Å². The average molecular weight is 578 g/mol. The van der Waals surface area contributed by atoms with Crippen LogP contribution in [0.1, 0.15) is 18.4 Å². The van der Waals surface area contributed by atoms with Crippen molar-refractivity contribution in [2.24, 2.45) is 0 Å². The fraction of sp³-hybridized carbons (Fsp3) is 0.281. The summed E-state index contributed by atoms with van der Waals surface area (Å²) in [6.07, 6.45) is 7.96. The smallest absolute Gasteiger partial charge is 0.161 e. The molecule has 0 atom stereocenters. The lowest BCUT2D eigenvalue weighted by atomic mass is 10.1. The van der Waals surface area contributed by atoms with Crippen LogP contribution in [0.25, 0.3) is 56.1 Å². The summed E-state index contributed by atoms with van der Waals surface area (Å²) in [5, 5.41) is 7.63. The number of nitrogens with zero attached hydrogens (tertiary/aromatic N) is 7. The molecule has 6 aromatic rings. The van der Waals surface area contributed by atoms with E-state index in [0.717, 1.165) is 48.5 Å². The number of ether oxygens (including phenoxy) is 1. The van der Waals surface area contributed by atoms with Crippen LogP contribution in [-0.4, -0.2) is 85.3 Å². The van der Waals surface area contributed by atoms with Crippen molar-refractivity contribution in [2.45, 2.75) is 19.4 Å². The van der Waals surface area contributed by atoms with Gasteiger partial charge in [-0.2, -0.15) is 5.10 Å². The molecule has 1 aromatic carbocycles. The number of likely N-dealkylation sites (tertiary alicyclic amines) is 1. The Bertz CT molecular complexity index is 1910. The Balaban J connectivity index is 1.22. The van der Waals surface area contributed by atoms with Crippen molar-refractivity contribution in [1.82, 2.24) is 44.9 Å². The van der Waals surface area contributed by atoms with E-state index in [9.17, 15) is 4.39 Å². The highest BCUT2D eigenvalue weighted by molar-refractivity contribution is 5.95. The van der Waals surface area contributed by atoms with E-state index in [1.165, 1.54) is 30.5 Å². The molecule has 1 fully saturated rings. The number of imidazole rings is 1. The Morgan fingerprint density at radius 1 is 0.930 bits per heavy atom. The number of benzene rings is 1. The van der Waals surface area contributed by atoms with Gasteiger partial charge in [0.2, 0.25) is 0 Å². The van der Waals surface area contributed by atoms with Crippen LogP contribution in [0, 0.1) is 5.82 Å². The highest BCUT2D eigenvalue weighted by Gasteiger charge is 2.19. The molecule has 0 amide bonds. The van der Waals surface area contributed by atoms with E-state index < -0.39 is 5.82 Å².